The topological polar surface area (TPSA) is 55.6 Å². The molecule has 0 bridgehead atoms. The van der Waals surface area contributed by atoms with Crippen molar-refractivity contribution in [2.24, 2.45) is 0 Å². The minimum absolute atomic E-state index is 0.0572. The summed E-state index contributed by atoms with van der Waals surface area (Å²) in [6, 6.07) is 2.70. The molecule has 0 atom stereocenters. The van der Waals surface area contributed by atoms with Gasteiger partial charge in [0.15, 0.2) is 0 Å². The molecule has 0 saturated heterocycles. The number of nitrogens with zero attached hydrogens (tertiary/aromatic N) is 4. The monoisotopic (exact) mass is 305 g/mol. The summed E-state index contributed by atoms with van der Waals surface area (Å²) < 4.78 is 2.13. The van der Waals surface area contributed by atoms with Crippen molar-refractivity contribution < 1.29 is 0 Å². The molecule has 3 rings (SSSR count). The molecule has 0 unspecified atom stereocenters. The lowest BCUT2D eigenvalue weighted by atomic mass is 9.98. The largest absolute Gasteiger partial charge is 0.354 e. The van der Waals surface area contributed by atoms with E-state index < -0.39 is 0 Å². The number of nitrogens with one attached hydrogen (secondary N) is 1. The first-order chi connectivity index (χ1) is 10.0. The second-order valence-corrected chi connectivity index (χ2v) is 7.72. The molecule has 1 N–H and O–H groups in total. The smallest absolute Gasteiger partial charge is 0.206 e. The van der Waals surface area contributed by atoms with E-state index in [9.17, 15) is 0 Å². The van der Waals surface area contributed by atoms with Crippen LogP contribution in [-0.4, -0.2) is 20.0 Å². The van der Waals surface area contributed by atoms with Crippen molar-refractivity contribution in [2.75, 3.05) is 5.32 Å². The normalized spacial score (nSPS) is 16.5. The summed E-state index contributed by atoms with van der Waals surface area (Å²) in [5, 5.41) is 18.4. The number of anilines is 1. The van der Waals surface area contributed by atoms with Crippen molar-refractivity contribution in [3.8, 4) is 0 Å². The van der Waals surface area contributed by atoms with Crippen LogP contribution in [-0.2, 0) is 12.0 Å². The Morgan fingerprint density at radius 3 is 2.71 bits per heavy atom. The lowest BCUT2D eigenvalue weighted by Crippen LogP contribution is -2.10. The van der Waals surface area contributed by atoms with Gasteiger partial charge in [-0.2, -0.15) is 5.10 Å². The molecule has 0 amide bonds. The van der Waals surface area contributed by atoms with Crippen molar-refractivity contribution in [1.29, 1.82) is 0 Å². The molecule has 6 heteroatoms. The lowest BCUT2D eigenvalue weighted by molar-refractivity contribution is 0.463. The molecular formula is C15H23N5S. The van der Waals surface area contributed by atoms with Crippen LogP contribution in [0.2, 0.25) is 0 Å². The van der Waals surface area contributed by atoms with Crippen LogP contribution in [0.1, 0.15) is 63.2 Å². The second kappa shape index (κ2) is 5.75. The van der Waals surface area contributed by atoms with Crippen molar-refractivity contribution in [3.63, 3.8) is 0 Å². The highest BCUT2D eigenvalue weighted by atomic mass is 32.1. The molecule has 1 aliphatic carbocycles. The fraction of sp³-hybridized carbons (Fsp3) is 0.667. The van der Waals surface area contributed by atoms with Gasteiger partial charge in [-0.15, -0.1) is 10.2 Å². The van der Waals surface area contributed by atoms with Gasteiger partial charge in [0, 0.05) is 11.6 Å². The van der Waals surface area contributed by atoms with Gasteiger partial charge >= 0.3 is 0 Å². The molecule has 2 aromatic rings. The first-order valence-corrected chi connectivity index (χ1v) is 8.46. The number of hydrogen-bond acceptors (Lipinski definition) is 5. The first kappa shape index (κ1) is 14.5. The van der Waals surface area contributed by atoms with Crippen molar-refractivity contribution >= 4 is 16.5 Å². The van der Waals surface area contributed by atoms with Crippen LogP contribution >= 0.6 is 11.3 Å². The Labute approximate surface area is 129 Å². The predicted molar refractivity (Wildman–Crippen MR) is 85.7 cm³/mol. The van der Waals surface area contributed by atoms with E-state index in [1.54, 1.807) is 11.3 Å². The molecule has 2 aromatic heterocycles. The van der Waals surface area contributed by atoms with E-state index in [1.165, 1.54) is 25.7 Å². The average Bonchev–Trinajstić information content (AvgIpc) is 3.16. The quantitative estimate of drug-likeness (QED) is 0.934. The lowest BCUT2D eigenvalue weighted by Gasteiger charge is -2.12. The zero-order chi connectivity index (χ0) is 14.9. The van der Waals surface area contributed by atoms with E-state index in [-0.39, 0.29) is 5.41 Å². The molecular weight excluding hydrogens is 282 g/mol. The van der Waals surface area contributed by atoms with E-state index in [0.29, 0.717) is 12.6 Å². The molecule has 1 fully saturated rings. The van der Waals surface area contributed by atoms with Gasteiger partial charge < -0.3 is 5.32 Å². The standard InChI is InChI=1S/C15H23N5S/c1-15(2,3)13-17-18-14(21-13)16-10-11-8-9-20(19-11)12-6-4-5-7-12/h8-9,12H,4-7,10H2,1-3H3,(H,16,18). The van der Waals surface area contributed by atoms with Crippen LogP contribution in [0.5, 0.6) is 0 Å². The van der Waals surface area contributed by atoms with Gasteiger partial charge in [0.05, 0.1) is 18.3 Å². The fourth-order valence-electron chi connectivity index (χ4n) is 2.61. The Bertz CT molecular complexity index is 589. The maximum absolute atomic E-state index is 4.67. The summed E-state index contributed by atoms with van der Waals surface area (Å²) in [6.07, 6.45) is 7.30. The molecule has 1 aliphatic rings. The summed E-state index contributed by atoms with van der Waals surface area (Å²) in [4.78, 5) is 0. The van der Waals surface area contributed by atoms with Gasteiger partial charge in [-0.1, -0.05) is 44.9 Å². The highest BCUT2D eigenvalue weighted by molar-refractivity contribution is 7.15. The Morgan fingerprint density at radius 2 is 2.05 bits per heavy atom. The molecule has 21 heavy (non-hydrogen) atoms. The van der Waals surface area contributed by atoms with Crippen LogP contribution in [0.4, 0.5) is 5.13 Å². The van der Waals surface area contributed by atoms with Gasteiger partial charge in [0.25, 0.3) is 0 Å². The summed E-state index contributed by atoms with van der Waals surface area (Å²) in [6.45, 7) is 7.17. The van der Waals surface area contributed by atoms with Crippen LogP contribution in [0, 0.1) is 0 Å². The molecule has 0 spiro atoms. The van der Waals surface area contributed by atoms with Gasteiger partial charge in [-0.25, -0.2) is 0 Å². The van der Waals surface area contributed by atoms with Gasteiger partial charge in [-0.05, 0) is 18.9 Å². The van der Waals surface area contributed by atoms with E-state index in [1.807, 2.05) is 0 Å². The fourth-order valence-corrected chi connectivity index (χ4v) is 3.40. The zero-order valence-electron chi connectivity index (χ0n) is 13.0. The minimum atomic E-state index is 0.0572. The molecule has 5 nitrogen and oxygen atoms in total. The third-order valence-electron chi connectivity index (χ3n) is 3.85. The van der Waals surface area contributed by atoms with Gasteiger partial charge in [-0.3, -0.25) is 4.68 Å². The predicted octanol–water partition coefficient (Wildman–Crippen LogP) is 3.76. The van der Waals surface area contributed by atoms with E-state index in [0.717, 1.165) is 15.8 Å². The Morgan fingerprint density at radius 1 is 1.29 bits per heavy atom. The Balaban J connectivity index is 1.59. The van der Waals surface area contributed by atoms with Gasteiger partial charge in [0.1, 0.15) is 5.01 Å². The summed E-state index contributed by atoms with van der Waals surface area (Å²) in [7, 11) is 0. The highest BCUT2D eigenvalue weighted by Crippen LogP contribution is 2.29. The molecule has 0 radical (unpaired) electrons. The molecule has 0 aromatic carbocycles. The number of hydrogen-bond donors (Lipinski definition) is 1. The molecule has 2 heterocycles. The molecule has 1 saturated carbocycles. The third-order valence-corrected chi connectivity index (χ3v) is 5.16. The maximum Gasteiger partial charge on any atom is 0.206 e. The zero-order valence-corrected chi connectivity index (χ0v) is 13.8. The van der Waals surface area contributed by atoms with Crippen LogP contribution in [0.25, 0.3) is 0 Å². The third kappa shape index (κ3) is 3.43. The Hall–Kier alpha value is -1.43. The van der Waals surface area contributed by atoms with E-state index >= 15 is 0 Å². The molecule has 0 aliphatic heterocycles. The van der Waals surface area contributed by atoms with E-state index in [2.05, 4.69) is 58.3 Å². The maximum atomic E-state index is 4.67. The van der Waals surface area contributed by atoms with Crippen LogP contribution in [0.3, 0.4) is 0 Å². The second-order valence-electron chi connectivity index (χ2n) is 6.74. The SMILES string of the molecule is CC(C)(C)c1nnc(NCc2ccn(C3CCCC3)n2)s1. The van der Waals surface area contributed by atoms with Crippen molar-refractivity contribution in [3.05, 3.63) is 23.0 Å². The van der Waals surface area contributed by atoms with Crippen molar-refractivity contribution in [1.82, 2.24) is 20.0 Å². The van der Waals surface area contributed by atoms with Crippen molar-refractivity contribution in [2.45, 2.75) is 64.5 Å². The summed E-state index contributed by atoms with van der Waals surface area (Å²) >= 11 is 1.62. The number of aromatic nitrogens is 4. The Kier molecular flexibility index (Phi) is 3.97. The minimum Gasteiger partial charge on any atom is -0.354 e. The highest BCUT2D eigenvalue weighted by Gasteiger charge is 2.20. The van der Waals surface area contributed by atoms with E-state index in [4.69, 9.17) is 0 Å². The molecule has 114 valence electrons. The van der Waals surface area contributed by atoms with Gasteiger partial charge in [0.2, 0.25) is 5.13 Å². The summed E-state index contributed by atoms with van der Waals surface area (Å²) in [5.74, 6) is 0. The summed E-state index contributed by atoms with van der Waals surface area (Å²) in [5.41, 5.74) is 1.12. The van der Waals surface area contributed by atoms with Crippen LogP contribution in [0.15, 0.2) is 12.3 Å². The average molecular weight is 305 g/mol. The first-order valence-electron chi connectivity index (χ1n) is 7.64. The number of rotatable bonds is 4. The van der Waals surface area contributed by atoms with Crippen LogP contribution < -0.4 is 5.32 Å².